The van der Waals surface area contributed by atoms with Gasteiger partial charge in [0.05, 0.1) is 17.0 Å². The maximum atomic E-state index is 12.2. The molecule has 2 heterocycles. The molecule has 2 aromatic heterocycles. The third-order valence-electron chi connectivity index (χ3n) is 3.96. The molecule has 0 unspecified atom stereocenters. The van der Waals surface area contributed by atoms with Crippen LogP contribution in [0.25, 0.3) is 0 Å². The van der Waals surface area contributed by atoms with Gasteiger partial charge in [-0.3, -0.25) is 9.48 Å². The first-order valence-corrected chi connectivity index (χ1v) is 9.10. The Labute approximate surface area is 167 Å². The van der Waals surface area contributed by atoms with Crippen molar-refractivity contribution in [2.24, 2.45) is 0 Å². The van der Waals surface area contributed by atoms with Gasteiger partial charge in [0.1, 0.15) is 17.6 Å². The number of rotatable bonds is 7. The fraction of sp³-hybridized carbons (Fsp3) is 0.263. The van der Waals surface area contributed by atoms with E-state index in [0.29, 0.717) is 28.1 Å². The smallest absolute Gasteiger partial charge is 0.258 e. The molecule has 0 saturated carbocycles. The van der Waals surface area contributed by atoms with Crippen molar-refractivity contribution in [3.8, 4) is 5.75 Å². The van der Waals surface area contributed by atoms with Gasteiger partial charge in [0.15, 0.2) is 6.61 Å². The highest BCUT2D eigenvalue weighted by Crippen LogP contribution is 2.27. The normalized spacial score (nSPS) is 12.0. The predicted molar refractivity (Wildman–Crippen MR) is 104 cm³/mol. The summed E-state index contributed by atoms with van der Waals surface area (Å²) >= 11 is 11.9. The maximum absolute atomic E-state index is 12.2. The zero-order chi connectivity index (χ0) is 19.4. The molecular weight excluding hydrogens is 389 g/mol. The summed E-state index contributed by atoms with van der Waals surface area (Å²) in [6, 6.07) is 10.2. The van der Waals surface area contributed by atoms with Gasteiger partial charge in [-0.25, -0.2) is 0 Å². The number of benzene rings is 1. The Hall–Kier alpha value is -2.44. The molecule has 3 aromatic rings. The van der Waals surface area contributed by atoms with Crippen molar-refractivity contribution < 1.29 is 13.9 Å². The summed E-state index contributed by atoms with van der Waals surface area (Å²) in [6.45, 7) is 4.03. The van der Waals surface area contributed by atoms with E-state index in [9.17, 15) is 4.79 Å². The molecule has 3 rings (SSSR count). The van der Waals surface area contributed by atoms with E-state index in [-0.39, 0.29) is 18.6 Å². The van der Waals surface area contributed by atoms with Gasteiger partial charge < -0.3 is 14.5 Å². The summed E-state index contributed by atoms with van der Waals surface area (Å²) < 4.78 is 12.8. The minimum Gasteiger partial charge on any atom is -0.482 e. The number of ether oxygens (including phenoxy) is 1. The molecule has 0 aliphatic carbocycles. The largest absolute Gasteiger partial charge is 0.482 e. The Kier molecular flexibility index (Phi) is 6.08. The summed E-state index contributed by atoms with van der Waals surface area (Å²) in [7, 11) is 0. The molecule has 0 spiro atoms. The van der Waals surface area contributed by atoms with Gasteiger partial charge in [-0.1, -0.05) is 23.2 Å². The number of hydrogen-bond acceptors (Lipinski definition) is 4. The van der Waals surface area contributed by atoms with Crippen molar-refractivity contribution in [1.82, 2.24) is 15.1 Å². The monoisotopic (exact) mass is 407 g/mol. The molecule has 0 bridgehead atoms. The van der Waals surface area contributed by atoms with Crippen LogP contribution in [0.5, 0.6) is 5.75 Å². The molecule has 0 radical (unpaired) electrons. The number of nitrogens with one attached hydrogen (secondary N) is 1. The lowest BCUT2D eigenvalue weighted by Gasteiger charge is -2.18. The van der Waals surface area contributed by atoms with Gasteiger partial charge in [-0.15, -0.1) is 0 Å². The molecule has 0 aliphatic rings. The van der Waals surface area contributed by atoms with Crippen LogP contribution in [0.2, 0.25) is 10.0 Å². The Morgan fingerprint density at radius 1 is 1.30 bits per heavy atom. The highest BCUT2D eigenvalue weighted by Gasteiger charge is 2.20. The lowest BCUT2D eigenvalue weighted by atomic mass is 10.2. The fourth-order valence-electron chi connectivity index (χ4n) is 2.75. The Morgan fingerprint density at radius 3 is 2.74 bits per heavy atom. The van der Waals surface area contributed by atoms with Crippen LogP contribution in [0, 0.1) is 13.8 Å². The Bertz CT molecular complexity index is 922. The standard InChI is InChI=1S/C19H19Cl2N3O3/c1-12-8-13(2)24(23-12)16(18-4-3-7-26-18)10-22-19(25)11-27-17-6-5-14(20)9-15(17)21/h3-9,16H,10-11H2,1-2H3,(H,22,25)/t16-/m0/s1. The lowest BCUT2D eigenvalue weighted by molar-refractivity contribution is -0.123. The van der Waals surface area contributed by atoms with E-state index in [2.05, 4.69) is 10.4 Å². The van der Waals surface area contributed by atoms with Crippen LogP contribution in [0.4, 0.5) is 0 Å². The number of nitrogens with zero attached hydrogens (tertiary/aromatic N) is 2. The van der Waals surface area contributed by atoms with Crippen LogP contribution in [0.15, 0.2) is 47.1 Å². The molecule has 1 atom stereocenters. The van der Waals surface area contributed by atoms with Crippen molar-refractivity contribution in [2.75, 3.05) is 13.2 Å². The molecule has 1 aromatic carbocycles. The van der Waals surface area contributed by atoms with Crippen LogP contribution in [-0.2, 0) is 4.79 Å². The van der Waals surface area contributed by atoms with E-state index < -0.39 is 0 Å². The molecule has 142 valence electrons. The van der Waals surface area contributed by atoms with Crippen LogP contribution in [0.1, 0.15) is 23.2 Å². The van der Waals surface area contributed by atoms with E-state index in [1.165, 1.54) is 0 Å². The SMILES string of the molecule is Cc1cc(C)n([C@@H](CNC(=O)COc2ccc(Cl)cc2Cl)c2ccco2)n1. The summed E-state index contributed by atoms with van der Waals surface area (Å²) in [4.78, 5) is 12.2. The van der Waals surface area contributed by atoms with Gasteiger partial charge in [0.25, 0.3) is 5.91 Å². The third kappa shape index (κ3) is 4.84. The van der Waals surface area contributed by atoms with Crippen molar-refractivity contribution in [2.45, 2.75) is 19.9 Å². The molecule has 1 N–H and O–H groups in total. The number of hydrogen-bond donors (Lipinski definition) is 1. The summed E-state index contributed by atoms with van der Waals surface area (Å²) in [5, 5.41) is 8.21. The number of aryl methyl sites for hydroxylation is 2. The summed E-state index contributed by atoms with van der Waals surface area (Å²) in [5.41, 5.74) is 1.88. The first-order valence-electron chi connectivity index (χ1n) is 8.34. The van der Waals surface area contributed by atoms with Crippen LogP contribution >= 0.6 is 23.2 Å². The second-order valence-corrected chi connectivity index (χ2v) is 6.91. The van der Waals surface area contributed by atoms with E-state index in [4.69, 9.17) is 32.4 Å². The van der Waals surface area contributed by atoms with Gasteiger partial charge in [-0.2, -0.15) is 5.10 Å². The van der Waals surface area contributed by atoms with E-state index in [1.807, 2.05) is 36.7 Å². The van der Waals surface area contributed by atoms with Gasteiger partial charge in [0.2, 0.25) is 0 Å². The first-order chi connectivity index (χ1) is 12.9. The molecule has 0 fully saturated rings. The van der Waals surface area contributed by atoms with Crippen LogP contribution in [0.3, 0.4) is 0 Å². The zero-order valence-electron chi connectivity index (χ0n) is 14.9. The number of halogens is 2. The highest BCUT2D eigenvalue weighted by atomic mass is 35.5. The topological polar surface area (TPSA) is 69.3 Å². The van der Waals surface area contributed by atoms with Crippen molar-refractivity contribution in [3.05, 3.63) is 69.9 Å². The Morgan fingerprint density at radius 2 is 2.11 bits per heavy atom. The average Bonchev–Trinajstić information content (AvgIpc) is 3.25. The number of aromatic nitrogens is 2. The second-order valence-electron chi connectivity index (χ2n) is 6.07. The minimum absolute atomic E-state index is 0.163. The van der Waals surface area contributed by atoms with E-state index in [0.717, 1.165) is 11.4 Å². The summed E-state index contributed by atoms with van der Waals surface area (Å²) in [5.74, 6) is 0.833. The number of furan rings is 1. The minimum atomic E-state index is -0.279. The second kappa shape index (κ2) is 8.50. The maximum Gasteiger partial charge on any atom is 0.258 e. The summed E-state index contributed by atoms with van der Waals surface area (Å²) in [6.07, 6.45) is 1.60. The number of amides is 1. The molecular formula is C19H19Cl2N3O3. The van der Waals surface area contributed by atoms with Gasteiger partial charge >= 0.3 is 0 Å². The quantitative estimate of drug-likeness (QED) is 0.637. The van der Waals surface area contributed by atoms with Crippen molar-refractivity contribution in [3.63, 3.8) is 0 Å². The molecule has 0 aliphatic heterocycles. The Balaban J connectivity index is 1.63. The van der Waals surface area contributed by atoms with E-state index >= 15 is 0 Å². The van der Waals surface area contributed by atoms with E-state index in [1.54, 1.807) is 24.5 Å². The number of carbonyl (C=O) groups excluding carboxylic acids is 1. The molecule has 0 saturated heterocycles. The molecule has 6 nitrogen and oxygen atoms in total. The van der Waals surface area contributed by atoms with Crippen LogP contribution < -0.4 is 10.1 Å². The van der Waals surface area contributed by atoms with Crippen LogP contribution in [-0.4, -0.2) is 28.8 Å². The average molecular weight is 408 g/mol. The molecule has 27 heavy (non-hydrogen) atoms. The third-order valence-corrected chi connectivity index (χ3v) is 4.49. The highest BCUT2D eigenvalue weighted by molar-refractivity contribution is 6.35. The number of carbonyl (C=O) groups is 1. The first kappa shape index (κ1) is 19.3. The fourth-order valence-corrected chi connectivity index (χ4v) is 3.21. The van der Waals surface area contributed by atoms with Gasteiger partial charge in [-0.05, 0) is 50.2 Å². The van der Waals surface area contributed by atoms with Gasteiger partial charge in [0, 0.05) is 17.3 Å². The molecule has 1 amide bonds. The zero-order valence-corrected chi connectivity index (χ0v) is 16.4. The predicted octanol–water partition coefficient (Wildman–Crippen LogP) is 4.18. The lowest BCUT2D eigenvalue weighted by Crippen LogP contribution is -2.35. The van der Waals surface area contributed by atoms with Crippen molar-refractivity contribution in [1.29, 1.82) is 0 Å². The molecule has 8 heteroatoms. The van der Waals surface area contributed by atoms with Crippen molar-refractivity contribution >= 4 is 29.1 Å².